The summed E-state index contributed by atoms with van der Waals surface area (Å²) >= 11 is 11.8. The lowest BCUT2D eigenvalue weighted by Gasteiger charge is -2.08. The summed E-state index contributed by atoms with van der Waals surface area (Å²) in [4.78, 5) is 23.8. The maximum Gasteiger partial charge on any atom is 0.277 e. The molecule has 2 N–H and O–H groups in total. The number of hydrogen-bond donors (Lipinski definition) is 2. The molecule has 0 bridgehead atoms. The van der Waals surface area contributed by atoms with Gasteiger partial charge in [-0.25, -0.2) is 5.43 Å². The second-order valence-electron chi connectivity index (χ2n) is 6.44. The van der Waals surface area contributed by atoms with Crippen LogP contribution in [0.4, 0.5) is 5.69 Å². The summed E-state index contributed by atoms with van der Waals surface area (Å²) in [5, 5.41) is 7.78. The number of hydrogen-bond acceptors (Lipinski definition) is 4. The van der Waals surface area contributed by atoms with Crippen molar-refractivity contribution < 1.29 is 14.3 Å². The van der Waals surface area contributed by atoms with Gasteiger partial charge in [0.15, 0.2) is 6.61 Å². The molecule has 2 aromatic carbocycles. The Hall–Kier alpha value is -2.57. The molecule has 8 heteroatoms. The maximum atomic E-state index is 12.0. The highest BCUT2D eigenvalue weighted by atomic mass is 35.5. The predicted octanol–water partition coefficient (Wildman–Crippen LogP) is 4.26. The smallest absolute Gasteiger partial charge is 0.277 e. The first-order valence-electron chi connectivity index (χ1n) is 8.74. The summed E-state index contributed by atoms with van der Waals surface area (Å²) in [6.45, 7) is 1.52. The Kier molecular flexibility index (Phi) is 6.54. The average Bonchev–Trinajstić information content (AvgIpc) is 3.51. The van der Waals surface area contributed by atoms with Gasteiger partial charge in [0, 0.05) is 16.6 Å². The molecule has 2 amide bonds. The number of nitrogens with one attached hydrogen (secondary N) is 2. The van der Waals surface area contributed by atoms with Crippen LogP contribution < -0.4 is 15.5 Å². The standard InChI is InChI=1S/C20H19Cl2N3O3/c1-12(14-3-2-4-16(9-14)23-20(27)13-5-6-13)24-25-19(26)11-28-18-8-7-15(21)10-17(18)22/h2-4,7-10,13H,5-6,11H2,1H3,(H,23,27)(H,25,26)/b24-12+. The number of carbonyl (C=O) groups is 2. The number of carbonyl (C=O) groups excluding carboxylic acids is 2. The molecule has 6 nitrogen and oxygen atoms in total. The number of rotatable bonds is 7. The van der Waals surface area contributed by atoms with E-state index in [0.717, 1.165) is 18.4 Å². The molecule has 3 rings (SSSR count). The number of amides is 2. The third-order valence-corrected chi connectivity index (χ3v) is 4.63. The van der Waals surface area contributed by atoms with Crippen LogP contribution in [-0.2, 0) is 9.59 Å². The molecular weight excluding hydrogens is 401 g/mol. The number of halogens is 2. The second-order valence-corrected chi connectivity index (χ2v) is 7.28. The van der Waals surface area contributed by atoms with Gasteiger partial charge in [0.2, 0.25) is 5.91 Å². The highest BCUT2D eigenvalue weighted by molar-refractivity contribution is 6.35. The minimum Gasteiger partial charge on any atom is -0.482 e. The van der Waals surface area contributed by atoms with Crippen molar-refractivity contribution in [1.82, 2.24) is 5.43 Å². The largest absolute Gasteiger partial charge is 0.482 e. The van der Waals surface area contributed by atoms with E-state index in [9.17, 15) is 9.59 Å². The first-order valence-corrected chi connectivity index (χ1v) is 9.50. The fourth-order valence-electron chi connectivity index (χ4n) is 2.39. The number of anilines is 1. The van der Waals surface area contributed by atoms with E-state index < -0.39 is 5.91 Å². The van der Waals surface area contributed by atoms with Gasteiger partial charge >= 0.3 is 0 Å². The molecule has 0 atom stereocenters. The Morgan fingerprint density at radius 3 is 2.68 bits per heavy atom. The van der Waals surface area contributed by atoms with Crippen molar-refractivity contribution in [1.29, 1.82) is 0 Å². The molecule has 0 radical (unpaired) electrons. The Bertz CT molecular complexity index is 927. The number of ether oxygens (including phenoxy) is 1. The summed E-state index contributed by atoms with van der Waals surface area (Å²) in [6.07, 6.45) is 1.89. The molecule has 146 valence electrons. The van der Waals surface area contributed by atoms with Crippen LogP contribution in [0, 0.1) is 5.92 Å². The van der Waals surface area contributed by atoms with Crippen molar-refractivity contribution in [3.63, 3.8) is 0 Å². The highest BCUT2D eigenvalue weighted by Crippen LogP contribution is 2.30. The lowest BCUT2D eigenvalue weighted by atomic mass is 10.1. The topological polar surface area (TPSA) is 79.8 Å². The lowest BCUT2D eigenvalue weighted by molar-refractivity contribution is -0.123. The number of benzene rings is 2. The van der Waals surface area contributed by atoms with Crippen molar-refractivity contribution in [2.24, 2.45) is 11.0 Å². The average molecular weight is 420 g/mol. The van der Waals surface area contributed by atoms with Gasteiger partial charge in [0.25, 0.3) is 5.91 Å². The van der Waals surface area contributed by atoms with E-state index in [2.05, 4.69) is 15.8 Å². The van der Waals surface area contributed by atoms with Crippen molar-refractivity contribution >= 4 is 46.4 Å². The van der Waals surface area contributed by atoms with E-state index in [1.54, 1.807) is 19.1 Å². The third-order valence-electron chi connectivity index (χ3n) is 4.10. The fraction of sp³-hybridized carbons (Fsp3) is 0.250. The zero-order valence-electron chi connectivity index (χ0n) is 15.2. The fourth-order valence-corrected chi connectivity index (χ4v) is 2.85. The highest BCUT2D eigenvalue weighted by Gasteiger charge is 2.29. The number of nitrogens with zero attached hydrogens (tertiary/aromatic N) is 1. The summed E-state index contributed by atoms with van der Waals surface area (Å²) in [7, 11) is 0. The monoisotopic (exact) mass is 419 g/mol. The van der Waals surface area contributed by atoms with E-state index in [-0.39, 0.29) is 18.4 Å². The van der Waals surface area contributed by atoms with Gasteiger partial charge in [-0.3, -0.25) is 9.59 Å². The Morgan fingerprint density at radius 2 is 1.96 bits per heavy atom. The molecule has 2 aromatic rings. The van der Waals surface area contributed by atoms with Gasteiger partial charge < -0.3 is 10.1 Å². The summed E-state index contributed by atoms with van der Waals surface area (Å²) in [5.74, 6) is 0.106. The van der Waals surface area contributed by atoms with Crippen molar-refractivity contribution in [2.75, 3.05) is 11.9 Å². The SMILES string of the molecule is C/C(=N\NC(=O)COc1ccc(Cl)cc1Cl)c1cccc(NC(=O)C2CC2)c1. The normalized spacial score (nSPS) is 13.8. The molecule has 1 aliphatic carbocycles. The van der Waals surface area contributed by atoms with Crippen LogP contribution in [0.3, 0.4) is 0 Å². The van der Waals surface area contributed by atoms with Gasteiger partial charge in [-0.1, -0.05) is 35.3 Å². The molecule has 0 unspecified atom stereocenters. The first kappa shape index (κ1) is 20.2. The van der Waals surface area contributed by atoms with E-state index in [1.807, 2.05) is 24.3 Å². The molecule has 1 saturated carbocycles. The van der Waals surface area contributed by atoms with E-state index in [1.165, 1.54) is 6.07 Å². The van der Waals surface area contributed by atoms with Crippen LogP contribution in [0.5, 0.6) is 5.75 Å². The molecule has 0 aromatic heterocycles. The van der Waals surface area contributed by atoms with Crippen molar-refractivity contribution in [3.8, 4) is 5.75 Å². The van der Waals surface area contributed by atoms with Crippen LogP contribution in [0.2, 0.25) is 10.0 Å². The van der Waals surface area contributed by atoms with Crippen LogP contribution in [-0.4, -0.2) is 24.1 Å². The molecule has 0 heterocycles. The summed E-state index contributed by atoms with van der Waals surface area (Å²) < 4.78 is 5.36. The van der Waals surface area contributed by atoms with E-state index >= 15 is 0 Å². The first-order chi connectivity index (χ1) is 13.4. The van der Waals surface area contributed by atoms with Crippen molar-refractivity contribution in [2.45, 2.75) is 19.8 Å². The summed E-state index contributed by atoms with van der Waals surface area (Å²) in [6, 6.07) is 12.1. The molecule has 1 aliphatic rings. The maximum absolute atomic E-state index is 12.0. The van der Waals surface area contributed by atoms with Crippen molar-refractivity contribution in [3.05, 3.63) is 58.1 Å². The zero-order chi connectivity index (χ0) is 20.1. The molecule has 1 fully saturated rings. The van der Waals surface area contributed by atoms with Crippen LogP contribution >= 0.6 is 23.2 Å². The Morgan fingerprint density at radius 1 is 1.18 bits per heavy atom. The summed E-state index contributed by atoms with van der Waals surface area (Å²) in [5.41, 5.74) is 4.53. The molecule has 0 aliphatic heterocycles. The predicted molar refractivity (Wildman–Crippen MR) is 110 cm³/mol. The third kappa shape index (κ3) is 5.71. The molecule has 0 spiro atoms. The minimum atomic E-state index is -0.427. The Balaban J connectivity index is 1.54. The Labute approximate surface area is 172 Å². The van der Waals surface area contributed by atoms with E-state index in [0.29, 0.717) is 27.2 Å². The molecular formula is C20H19Cl2N3O3. The quantitative estimate of drug-likeness (QED) is 0.519. The van der Waals surface area contributed by atoms with Crippen LogP contribution in [0.25, 0.3) is 0 Å². The van der Waals surface area contributed by atoms with Crippen LogP contribution in [0.1, 0.15) is 25.3 Å². The van der Waals surface area contributed by atoms with Gasteiger partial charge in [0.05, 0.1) is 10.7 Å². The van der Waals surface area contributed by atoms with Gasteiger partial charge in [-0.05, 0) is 55.7 Å². The zero-order valence-corrected chi connectivity index (χ0v) is 16.7. The van der Waals surface area contributed by atoms with Gasteiger partial charge in [0.1, 0.15) is 5.75 Å². The van der Waals surface area contributed by atoms with Crippen LogP contribution in [0.15, 0.2) is 47.6 Å². The van der Waals surface area contributed by atoms with E-state index in [4.69, 9.17) is 27.9 Å². The van der Waals surface area contributed by atoms with Gasteiger partial charge in [-0.15, -0.1) is 0 Å². The minimum absolute atomic E-state index is 0.0399. The molecule has 0 saturated heterocycles. The van der Waals surface area contributed by atoms with Gasteiger partial charge in [-0.2, -0.15) is 5.10 Å². The number of hydrazone groups is 1. The lowest BCUT2D eigenvalue weighted by Crippen LogP contribution is -2.25. The second kappa shape index (κ2) is 9.08. The molecule has 28 heavy (non-hydrogen) atoms.